The highest BCUT2D eigenvalue weighted by Crippen LogP contribution is 2.23. The van der Waals surface area contributed by atoms with Gasteiger partial charge in [0.25, 0.3) is 0 Å². The number of amides is 1. The van der Waals surface area contributed by atoms with E-state index in [-0.39, 0.29) is 35.9 Å². The molecular weight excluding hydrogens is 290 g/mol. The molecule has 1 aliphatic carbocycles. The van der Waals surface area contributed by atoms with Crippen LogP contribution in [0.25, 0.3) is 0 Å². The van der Waals surface area contributed by atoms with Crippen LogP contribution in [0.4, 0.5) is 0 Å². The van der Waals surface area contributed by atoms with E-state index in [1.807, 2.05) is 0 Å². The molecule has 0 aromatic heterocycles. The van der Waals surface area contributed by atoms with Gasteiger partial charge in [-0.25, -0.2) is 13.1 Å². The predicted molar refractivity (Wildman–Crippen MR) is 80.0 cm³/mol. The summed E-state index contributed by atoms with van der Waals surface area (Å²) in [5, 5.41) is 2.75. The second-order valence-electron chi connectivity index (χ2n) is 5.27. The smallest absolute Gasteiger partial charge is 0.240 e. The monoisotopic (exact) mass is 311 g/mol. The van der Waals surface area contributed by atoms with Crippen molar-refractivity contribution in [2.24, 2.45) is 11.7 Å². The fraction of sp³-hybridized carbons (Fsp3) is 0.500. The van der Waals surface area contributed by atoms with E-state index in [0.29, 0.717) is 6.42 Å². The van der Waals surface area contributed by atoms with Crippen molar-refractivity contribution in [1.29, 1.82) is 0 Å². The molecule has 0 aliphatic heterocycles. The summed E-state index contributed by atoms with van der Waals surface area (Å²) in [4.78, 5) is 12.1. The molecule has 1 aromatic carbocycles. The number of benzene rings is 1. The molecule has 116 valence electrons. The summed E-state index contributed by atoms with van der Waals surface area (Å²) in [5.41, 5.74) is 5.77. The standard InChI is InChI=1S/C14H21N3O3S/c15-12-7-6-11(10-12)14(18)16-8-9-17-21(19,20)13-4-2-1-3-5-13/h1-5,11-12,17H,6-10,15H2,(H,16,18). The van der Waals surface area contributed by atoms with E-state index in [9.17, 15) is 13.2 Å². The third-order valence-corrected chi connectivity index (χ3v) is 5.09. The molecule has 0 saturated heterocycles. The van der Waals surface area contributed by atoms with Crippen molar-refractivity contribution in [3.63, 3.8) is 0 Å². The van der Waals surface area contributed by atoms with Crippen LogP contribution in [0, 0.1) is 5.92 Å². The molecule has 6 nitrogen and oxygen atoms in total. The Labute approximate surface area is 125 Å². The molecule has 0 radical (unpaired) electrons. The van der Waals surface area contributed by atoms with Gasteiger partial charge in [0.1, 0.15) is 0 Å². The first-order valence-electron chi connectivity index (χ1n) is 7.07. The van der Waals surface area contributed by atoms with Gasteiger partial charge in [0, 0.05) is 25.0 Å². The average molecular weight is 311 g/mol. The SMILES string of the molecule is NC1CCC(C(=O)NCCNS(=O)(=O)c2ccccc2)C1. The highest BCUT2D eigenvalue weighted by molar-refractivity contribution is 7.89. The summed E-state index contributed by atoms with van der Waals surface area (Å²) < 4.78 is 26.3. The Balaban J connectivity index is 1.73. The molecule has 1 fully saturated rings. The summed E-state index contributed by atoms with van der Waals surface area (Å²) in [6.45, 7) is 0.443. The molecule has 21 heavy (non-hydrogen) atoms. The minimum Gasteiger partial charge on any atom is -0.355 e. The highest BCUT2D eigenvalue weighted by atomic mass is 32.2. The van der Waals surface area contributed by atoms with Gasteiger partial charge in [-0.1, -0.05) is 18.2 Å². The highest BCUT2D eigenvalue weighted by Gasteiger charge is 2.27. The van der Waals surface area contributed by atoms with Crippen LogP contribution in [0.5, 0.6) is 0 Å². The Hall–Kier alpha value is -1.44. The number of hydrogen-bond donors (Lipinski definition) is 3. The topological polar surface area (TPSA) is 101 Å². The zero-order valence-electron chi connectivity index (χ0n) is 11.8. The van der Waals surface area contributed by atoms with Crippen molar-refractivity contribution in [1.82, 2.24) is 10.0 Å². The molecule has 0 bridgehead atoms. The van der Waals surface area contributed by atoms with Gasteiger partial charge < -0.3 is 11.1 Å². The molecule has 0 spiro atoms. The fourth-order valence-corrected chi connectivity index (χ4v) is 3.51. The van der Waals surface area contributed by atoms with E-state index < -0.39 is 10.0 Å². The third kappa shape index (κ3) is 4.52. The lowest BCUT2D eigenvalue weighted by molar-refractivity contribution is -0.124. The Morgan fingerprint density at radius 2 is 1.90 bits per heavy atom. The van der Waals surface area contributed by atoms with E-state index >= 15 is 0 Å². The van der Waals surface area contributed by atoms with E-state index in [1.165, 1.54) is 12.1 Å². The lowest BCUT2D eigenvalue weighted by Gasteiger charge is -2.11. The third-order valence-electron chi connectivity index (χ3n) is 3.61. The van der Waals surface area contributed by atoms with Gasteiger partial charge in [0.05, 0.1) is 4.90 Å². The average Bonchev–Trinajstić information content (AvgIpc) is 2.91. The maximum absolute atomic E-state index is 11.9. The Bertz CT molecular complexity index is 574. The van der Waals surface area contributed by atoms with Crippen molar-refractivity contribution < 1.29 is 13.2 Å². The largest absolute Gasteiger partial charge is 0.355 e. The van der Waals surface area contributed by atoms with Gasteiger partial charge in [-0.2, -0.15) is 0 Å². The first-order valence-corrected chi connectivity index (χ1v) is 8.55. The molecule has 2 unspecified atom stereocenters. The number of rotatable bonds is 6. The van der Waals surface area contributed by atoms with Crippen molar-refractivity contribution in [3.05, 3.63) is 30.3 Å². The van der Waals surface area contributed by atoms with Crippen LogP contribution in [0.15, 0.2) is 35.2 Å². The summed E-state index contributed by atoms with van der Waals surface area (Å²) >= 11 is 0. The lowest BCUT2D eigenvalue weighted by atomic mass is 10.1. The van der Waals surface area contributed by atoms with Crippen LogP contribution in [0.2, 0.25) is 0 Å². The van der Waals surface area contributed by atoms with E-state index in [1.54, 1.807) is 18.2 Å². The predicted octanol–water partition coefficient (Wildman–Crippen LogP) is 0.209. The molecule has 1 aromatic rings. The van der Waals surface area contributed by atoms with Gasteiger partial charge >= 0.3 is 0 Å². The molecule has 2 atom stereocenters. The van der Waals surface area contributed by atoms with Crippen LogP contribution in [-0.2, 0) is 14.8 Å². The first-order chi connectivity index (χ1) is 9.99. The number of carbonyl (C=O) groups excluding carboxylic acids is 1. The van der Waals surface area contributed by atoms with Crippen molar-refractivity contribution in [2.45, 2.75) is 30.2 Å². The summed E-state index contributed by atoms with van der Waals surface area (Å²) in [7, 11) is -3.51. The Morgan fingerprint density at radius 1 is 1.19 bits per heavy atom. The van der Waals surface area contributed by atoms with Crippen LogP contribution in [0.3, 0.4) is 0 Å². The first kappa shape index (κ1) is 15.9. The number of nitrogens with one attached hydrogen (secondary N) is 2. The second kappa shape index (κ2) is 7.02. The minimum absolute atomic E-state index is 0.0364. The summed E-state index contributed by atoms with van der Waals surface area (Å²) in [5.74, 6) is -0.0763. The van der Waals surface area contributed by atoms with E-state index in [0.717, 1.165) is 12.8 Å². The maximum Gasteiger partial charge on any atom is 0.240 e. The lowest BCUT2D eigenvalue weighted by Crippen LogP contribution is -2.37. The normalized spacial score (nSPS) is 22.1. The zero-order valence-corrected chi connectivity index (χ0v) is 12.6. The van der Waals surface area contributed by atoms with Crippen LogP contribution in [0.1, 0.15) is 19.3 Å². The van der Waals surface area contributed by atoms with Gasteiger partial charge in [-0.3, -0.25) is 4.79 Å². The number of nitrogens with two attached hydrogens (primary N) is 1. The molecule has 1 amide bonds. The quantitative estimate of drug-likeness (QED) is 0.654. The van der Waals surface area contributed by atoms with Gasteiger partial charge in [-0.15, -0.1) is 0 Å². The van der Waals surface area contributed by atoms with Crippen LogP contribution < -0.4 is 15.8 Å². The number of sulfonamides is 1. The van der Waals surface area contributed by atoms with Crippen molar-refractivity contribution in [2.75, 3.05) is 13.1 Å². The molecule has 1 saturated carbocycles. The minimum atomic E-state index is -3.51. The second-order valence-corrected chi connectivity index (χ2v) is 7.04. The van der Waals surface area contributed by atoms with E-state index in [4.69, 9.17) is 5.73 Å². The van der Waals surface area contributed by atoms with Crippen LogP contribution >= 0.6 is 0 Å². The zero-order chi connectivity index (χ0) is 15.3. The summed E-state index contributed by atoms with van der Waals surface area (Å²) in [6, 6.07) is 8.25. The summed E-state index contributed by atoms with van der Waals surface area (Å²) in [6.07, 6.45) is 2.39. The van der Waals surface area contributed by atoms with Crippen molar-refractivity contribution in [3.8, 4) is 0 Å². The van der Waals surface area contributed by atoms with E-state index in [2.05, 4.69) is 10.0 Å². The Kier molecular flexibility index (Phi) is 5.33. The number of carbonyl (C=O) groups is 1. The van der Waals surface area contributed by atoms with Gasteiger partial charge in [0.2, 0.25) is 15.9 Å². The number of hydrogen-bond acceptors (Lipinski definition) is 4. The molecular formula is C14H21N3O3S. The fourth-order valence-electron chi connectivity index (χ4n) is 2.45. The Morgan fingerprint density at radius 3 is 2.52 bits per heavy atom. The maximum atomic E-state index is 11.9. The molecule has 7 heteroatoms. The van der Waals surface area contributed by atoms with Crippen molar-refractivity contribution >= 4 is 15.9 Å². The molecule has 4 N–H and O–H groups in total. The molecule has 2 rings (SSSR count). The van der Waals surface area contributed by atoms with Gasteiger partial charge in [0.15, 0.2) is 0 Å². The van der Waals surface area contributed by atoms with Gasteiger partial charge in [-0.05, 0) is 31.4 Å². The molecule has 0 heterocycles. The molecule has 1 aliphatic rings. The van der Waals surface area contributed by atoms with Crippen LogP contribution in [-0.4, -0.2) is 33.5 Å².